The highest BCUT2D eigenvalue weighted by molar-refractivity contribution is 5.32. The summed E-state index contributed by atoms with van der Waals surface area (Å²) in [5.74, 6) is -0.290. The molecule has 1 N–H and O–H groups in total. The molecule has 0 saturated carbocycles. The van der Waals surface area contributed by atoms with Gasteiger partial charge in [0.15, 0.2) is 0 Å². The maximum absolute atomic E-state index is 13.5. The van der Waals surface area contributed by atoms with E-state index in [9.17, 15) is 9.50 Å². The van der Waals surface area contributed by atoms with Gasteiger partial charge in [0.2, 0.25) is 0 Å². The van der Waals surface area contributed by atoms with Crippen molar-refractivity contribution in [1.29, 1.82) is 0 Å². The van der Waals surface area contributed by atoms with Gasteiger partial charge in [-0.25, -0.2) is 4.39 Å². The lowest BCUT2D eigenvalue weighted by atomic mass is 10.2. The van der Waals surface area contributed by atoms with Gasteiger partial charge in [0.25, 0.3) is 0 Å². The summed E-state index contributed by atoms with van der Waals surface area (Å²) < 4.78 is 36.2. The van der Waals surface area contributed by atoms with E-state index in [0.29, 0.717) is 78.1 Å². The molecule has 0 fully saturated rings. The molecule has 8 heteroatoms. The molecule has 30 heavy (non-hydrogen) atoms. The van der Waals surface area contributed by atoms with Crippen LogP contribution in [0.3, 0.4) is 0 Å². The number of phenolic OH excluding ortho intramolecular Hbond substituents is 1. The van der Waals surface area contributed by atoms with Crippen molar-refractivity contribution in [1.82, 2.24) is 9.88 Å². The largest absolute Gasteiger partial charge is 0.508 e. The fourth-order valence-corrected chi connectivity index (χ4v) is 3.06. The van der Waals surface area contributed by atoms with E-state index >= 15 is 0 Å². The molecule has 2 bridgehead atoms. The molecule has 2 aromatic rings. The van der Waals surface area contributed by atoms with E-state index in [1.807, 2.05) is 18.2 Å². The number of fused-ring (bicyclic) bond motifs is 2. The third kappa shape index (κ3) is 7.97. The third-order valence-corrected chi connectivity index (χ3v) is 4.65. The number of pyridine rings is 1. The average Bonchev–Trinajstić information content (AvgIpc) is 2.74. The summed E-state index contributed by atoms with van der Waals surface area (Å²) >= 11 is 0. The molecule has 164 valence electrons. The predicted molar refractivity (Wildman–Crippen MR) is 109 cm³/mol. The zero-order valence-corrected chi connectivity index (χ0v) is 17.1. The van der Waals surface area contributed by atoms with Gasteiger partial charge >= 0.3 is 0 Å². The number of benzene rings is 1. The first-order valence-electron chi connectivity index (χ1n) is 10.2. The normalized spacial score (nSPS) is 18.4. The van der Waals surface area contributed by atoms with Gasteiger partial charge in [0.1, 0.15) is 11.6 Å². The van der Waals surface area contributed by atoms with E-state index in [-0.39, 0.29) is 11.6 Å². The van der Waals surface area contributed by atoms with Gasteiger partial charge < -0.3 is 24.1 Å². The van der Waals surface area contributed by atoms with Crippen LogP contribution in [-0.2, 0) is 38.7 Å². The Labute approximate surface area is 176 Å². The van der Waals surface area contributed by atoms with Gasteiger partial charge in [-0.1, -0.05) is 6.07 Å². The van der Waals surface area contributed by atoms with Gasteiger partial charge in [-0.3, -0.25) is 9.88 Å². The zero-order valence-electron chi connectivity index (χ0n) is 17.1. The molecule has 2 heterocycles. The minimum atomic E-state index is -0.370. The minimum Gasteiger partial charge on any atom is -0.508 e. The standard InChI is InChI=1S/C22H29FN2O5/c23-19-4-5-22(26)18(14-19)15-25-6-8-27-10-12-29-16-20-2-1-3-21(24-20)17-30-13-11-28-9-7-25/h1-5,14,26H,6-13,15-17H2. The lowest BCUT2D eigenvalue weighted by Gasteiger charge is -2.23. The SMILES string of the molecule is Oc1ccc(F)cc1CN1CCOCCOCc2cccc(n2)COCCOCC1. The van der Waals surface area contributed by atoms with Crippen molar-refractivity contribution in [3.8, 4) is 5.75 Å². The Hall–Kier alpha value is -2.10. The minimum absolute atomic E-state index is 0.0799. The molecule has 0 unspecified atom stereocenters. The first-order chi connectivity index (χ1) is 14.7. The van der Waals surface area contributed by atoms with Crippen LogP contribution in [0.15, 0.2) is 36.4 Å². The second-order valence-electron chi connectivity index (χ2n) is 7.00. The highest BCUT2D eigenvalue weighted by Gasteiger charge is 2.11. The third-order valence-electron chi connectivity index (χ3n) is 4.65. The Balaban J connectivity index is 1.53. The molecular formula is C22H29FN2O5. The highest BCUT2D eigenvalue weighted by atomic mass is 19.1. The van der Waals surface area contributed by atoms with E-state index < -0.39 is 0 Å². The lowest BCUT2D eigenvalue weighted by molar-refractivity contribution is 0.0148. The van der Waals surface area contributed by atoms with Gasteiger partial charge in [-0.15, -0.1) is 0 Å². The maximum Gasteiger partial charge on any atom is 0.123 e. The van der Waals surface area contributed by atoms with Crippen molar-refractivity contribution in [2.24, 2.45) is 0 Å². The van der Waals surface area contributed by atoms with Crippen LogP contribution in [0.5, 0.6) is 5.75 Å². The topological polar surface area (TPSA) is 73.3 Å². The van der Waals surface area contributed by atoms with Crippen LogP contribution in [0.4, 0.5) is 4.39 Å². The predicted octanol–water partition coefficient (Wildman–Crippen LogP) is 2.51. The number of phenols is 1. The molecule has 3 rings (SSSR count). The van der Waals surface area contributed by atoms with E-state index in [2.05, 4.69) is 9.88 Å². The molecule has 1 aliphatic rings. The van der Waals surface area contributed by atoms with Crippen molar-refractivity contribution in [2.75, 3.05) is 52.7 Å². The van der Waals surface area contributed by atoms with Crippen LogP contribution < -0.4 is 0 Å². The summed E-state index contributed by atoms with van der Waals surface area (Å²) in [4.78, 5) is 6.58. The van der Waals surface area contributed by atoms with Crippen LogP contribution in [-0.4, -0.2) is 67.7 Å². The lowest BCUT2D eigenvalue weighted by Crippen LogP contribution is -2.31. The Kier molecular flexibility index (Phi) is 9.46. The van der Waals surface area contributed by atoms with E-state index in [4.69, 9.17) is 18.9 Å². The summed E-state index contributed by atoms with van der Waals surface area (Å²) in [6.07, 6.45) is 0. The summed E-state index contributed by atoms with van der Waals surface area (Å²) in [6, 6.07) is 9.76. The Morgan fingerprint density at radius 1 is 0.833 bits per heavy atom. The van der Waals surface area contributed by atoms with E-state index in [0.717, 1.165) is 11.4 Å². The summed E-state index contributed by atoms with van der Waals surface area (Å²) in [5.41, 5.74) is 2.25. The van der Waals surface area contributed by atoms with Crippen molar-refractivity contribution in [3.05, 3.63) is 59.2 Å². The molecule has 0 saturated heterocycles. The maximum atomic E-state index is 13.5. The Morgan fingerprint density at radius 3 is 2.07 bits per heavy atom. The van der Waals surface area contributed by atoms with Crippen LogP contribution in [0.1, 0.15) is 17.0 Å². The van der Waals surface area contributed by atoms with Crippen LogP contribution >= 0.6 is 0 Å². The summed E-state index contributed by atoms with van der Waals surface area (Å²) in [6.45, 7) is 5.37. The molecule has 0 aliphatic carbocycles. The second kappa shape index (κ2) is 12.6. The van der Waals surface area contributed by atoms with Gasteiger partial charge in [0, 0.05) is 25.2 Å². The number of aromatic nitrogens is 1. The van der Waals surface area contributed by atoms with Crippen LogP contribution in [0, 0.1) is 5.82 Å². The highest BCUT2D eigenvalue weighted by Crippen LogP contribution is 2.19. The van der Waals surface area contributed by atoms with Gasteiger partial charge in [-0.2, -0.15) is 0 Å². The van der Waals surface area contributed by atoms with Crippen molar-refractivity contribution < 1.29 is 28.4 Å². The van der Waals surface area contributed by atoms with Gasteiger partial charge in [-0.05, 0) is 30.3 Å². The molecule has 0 atom stereocenters. The second-order valence-corrected chi connectivity index (χ2v) is 7.00. The Morgan fingerprint density at radius 2 is 1.43 bits per heavy atom. The number of aromatic hydroxyl groups is 1. The van der Waals surface area contributed by atoms with Gasteiger partial charge in [0.05, 0.1) is 64.2 Å². The number of hydrogen-bond acceptors (Lipinski definition) is 7. The van der Waals surface area contributed by atoms with Crippen LogP contribution in [0.2, 0.25) is 0 Å². The molecule has 0 amide bonds. The molecule has 7 nitrogen and oxygen atoms in total. The fourth-order valence-electron chi connectivity index (χ4n) is 3.06. The van der Waals surface area contributed by atoms with Crippen molar-refractivity contribution in [2.45, 2.75) is 19.8 Å². The first kappa shape index (κ1) is 22.6. The van der Waals surface area contributed by atoms with Crippen LogP contribution in [0.25, 0.3) is 0 Å². The Bertz CT molecular complexity index is 744. The first-order valence-corrected chi connectivity index (χ1v) is 10.2. The fraction of sp³-hybridized carbons (Fsp3) is 0.500. The van der Waals surface area contributed by atoms with E-state index in [1.54, 1.807) is 0 Å². The molecule has 0 spiro atoms. The monoisotopic (exact) mass is 420 g/mol. The van der Waals surface area contributed by atoms with Crippen molar-refractivity contribution >= 4 is 0 Å². The van der Waals surface area contributed by atoms with Crippen molar-refractivity contribution in [3.63, 3.8) is 0 Å². The molecule has 1 aromatic heterocycles. The number of ether oxygens (including phenoxy) is 4. The average molecular weight is 420 g/mol. The summed E-state index contributed by atoms with van der Waals surface area (Å²) in [7, 11) is 0. The summed E-state index contributed by atoms with van der Waals surface area (Å²) in [5, 5.41) is 10.0. The molecule has 1 aliphatic heterocycles. The quantitative estimate of drug-likeness (QED) is 0.800. The zero-order chi connectivity index (χ0) is 21.0. The number of halogens is 1. The number of rotatable bonds is 2. The molecular weight excluding hydrogens is 391 g/mol. The number of hydrogen-bond donors (Lipinski definition) is 1. The van der Waals surface area contributed by atoms with E-state index in [1.165, 1.54) is 18.2 Å². The molecule has 1 aromatic carbocycles. The molecule has 0 radical (unpaired) electrons. The number of nitrogens with zero attached hydrogens (tertiary/aromatic N) is 2. The smallest absolute Gasteiger partial charge is 0.123 e.